The quantitative estimate of drug-likeness (QED) is 0.669. The molecule has 21 heavy (non-hydrogen) atoms. The Kier molecular flexibility index (Phi) is 8.23. The monoisotopic (exact) mass is 323 g/mol. The van der Waals surface area contributed by atoms with E-state index in [9.17, 15) is 9.70 Å². The lowest BCUT2D eigenvalue weighted by Gasteiger charge is -2.30. The average Bonchev–Trinajstić information content (AvgIpc) is 2.74. The summed E-state index contributed by atoms with van der Waals surface area (Å²) in [4.78, 5) is 25.2. The van der Waals surface area contributed by atoms with Crippen LogP contribution in [0.5, 0.6) is 0 Å². The van der Waals surface area contributed by atoms with Gasteiger partial charge in [-0.3, -0.25) is 9.69 Å². The van der Waals surface area contributed by atoms with Crippen LogP contribution >= 0.6 is 12.4 Å². The van der Waals surface area contributed by atoms with E-state index >= 15 is 0 Å². The first kappa shape index (κ1) is 19.6. The van der Waals surface area contributed by atoms with Gasteiger partial charge in [0, 0.05) is 25.2 Å². The Morgan fingerprint density at radius 3 is 2.43 bits per heavy atom. The molecular formula is C12H24ClN4O4+. The van der Waals surface area contributed by atoms with Gasteiger partial charge in [-0.25, -0.2) is 0 Å². The molecule has 9 heteroatoms. The topological polar surface area (TPSA) is 104 Å². The molecule has 0 spiro atoms. The summed E-state index contributed by atoms with van der Waals surface area (Å²) in [6.07, 6.45) is 0. The maximum atomic E-state index is 11.9. The van der Waals surface area contributed by atoms with Crippen LogP contribution in [0.2, 0.25) is 0 Å². The van der Waals surface area contributed by atoms with Gasteiger partial charge in [-0.2, -0.15) is 0 Å². The molecule has 0 aliphatic carbocycles. The summed E-state index contributed by atoms with van der Waals surface area (Å²) in [6.45, 7) is 8.95. The number of hydrogen-bond donors (Lipinski definition) is 3. The summed E-state index contributed by atoms with van der Waals surface area (Å²) in [5.74, 6) is -0.472. The van der Waals surface area contributed by atoms with Crippen LogP contribution < -0.4 is 9.92 Å². The number of aromatic amines is 1. The molecule has 0 fully saturated rings. The van der Waals surface area contributed by atoms with Crippen molar-refractivity contribution in [1.29, 1.82) is 0 Å². The van der Waals surface area contributed by atoms with Crippen LogP contribution in [0.15, 0.2) is 4.63 Å². The van der Waals surface area contributed by atoms with Gasteiger partial charge in [0.2, 0.25) is 0 Å². The van der Waals surface area contributed by atoms with Crippen LogP contribution in [0.25, 0.3) is 0 Å². The second-order valence-corrected chi connectivity index (χ2v) is 5.11. The van der Waals surface area contributed by atoms with Crippen molar-refractivity contribution in [3.8, 4) is 0 Å². The summed E-state index contributed by atoms with van der Waals surface area (Å²) in [7, 11) is 0. The lowest BCUT2D eigenvalue weighted by molar-refractivity contribution is -0.720. The van der Waals surface area contributed by atoms with E-state index in [4.69, 9.17) is 5.11 Å². The van der Waals surface area contributed by atoms with Gasteiger partial charge in [-0.05, 0) is 32.6 Å². The van der Waals surface area contributed by atoms with E-state index < -0.39 is 12.5 Å². The Morgan fingerprint density at radius 1 is 1.38 bits per heavy atom. The maximum Gasteiger partial charge on any atom is 0.299 e. The van der Waals surface area contributed by atoms with Gasteiger partial charge in [0.15, 0.2) is 4.60 Å². The fourth-order valence-electron chi connectivity index (χ4n) is 2.11. The van der Waals surface area contributed by atoms with Crippen molar-refractivity contribution in [3.63, 3.8) is 0 Å². The zero-order valence-electron chi connectivity index (χ0n) is 12.8. The molecule has 1 aromatic heterocycles. The standard InChI is InChI=1S/C12H22N4O4.ClH/c1-8(2)15(9(3)4)6-5-13-12(18)11-10(7-17)16(19)20-14-11;/h8-9,17H,5-7H2,1-4H3,(H-,13,14,18,19);1H/p+1. The molecular weight excluding hydrogens is 300 g/mol. The molecule has 0 aliphatic heterocycles. The van der Waals surface area contributed by atoms with E-state index in [1.807, 2.05) is 0 Å². The summed E-state index contributed by atoms with van der Waals surface area (Å²) in [5, 5.41) is 13.9. The maximum absolute atomic E-state index is 11.9. The second kappa shape index (κ2) is 8.81. The van der Waals surface area contributed by atoms with Crippen molar-refractivity contribution in [2.45, 2.75) is 46.4 Å². The Bertz CT molecular complexity index is 490. The molecule has 0 radical (unpaired) electrons. The van der Waals surface area contributed by atoms with Crippen LogP contribution in [0.4, 0.5) is 0 Å². The molecule has 1 amide bonds. The van der Waals surface area contributed by atoms with Crippen LogP contribution in [0, 0.1) is 4.91 Å². The lowest BCUT2D eigenvalue weighted by Crippen LogP contribution is -2.42. The minimum Gasteiger partial charge on any atom is -0.387 e. The molecule has 1 aromatic rings. The predicted octanol–water partition coefficient (Wildman–Crippen LogP) is 0.285. The highest BCUT2D eigenvalue weighted by Gasteiger charge is 2.26. The van der Waals surface area contributed by atoms with Crippen LogP contribution in [-0.2, 0) is 6.61 Å². The number of aromatic nitrogens is 2. The number of nitrogens with zero attached hydrogens (tertiary/aromatic N) is 2. The molecule has 3 N–H and O–H groups in total. The number of aliphatic hydroxyl groups is 1. The minimum atomic E-state index is -0.566. The van der Waals surface area contributed by atoms with E-state index in [0.29, 0.717) is 25.2 Å². The highest BCUT2D eigenvalue weighted by molar-refractivity contribution is 5.92. The summed E-state index contributed by atoms with van der Waals surface area (Å²) < 4.78 is 4.50. The number of carbonyl (C=O) groups excluding carboxylic acids is 1. The zero-order valence-corrected chi connectivity index (χ0v) is 13.6. The number of carbonyl (C=O) groups is 1. The molecule has 122 valence electrons. The minimum absolute atomic E-state index is 0. The van der Waals surface area contributed by atoms with E-state index in [-0.39, 0.29) is 28.4 Å². The number of nitrogens with one attached hydrogen (secondary N) is 2. The average molecular weight is 324 g/mol. The summed E-state index contributed by atoms with van der Waals surface area (Å²) in [6, 6.07) is 0.758. The third-order valence-corrected chi connectivity index (χ3v) is 3.10. The molecule has 1 rings (SSSR count). The molecule has 0 aromatic carbocycles. The van der Waals surface area contributed by atoms with Gasteiger partial charge >= 0.3 is 0 Å². The van der Waals surface area contributed by atoms with Gasteiger partial charge < -0.3 is 10.4 Å². The fourth-order valence-corrected chi connectivity index (χ4v) is 2.11. The van der Waals surface area contributed by atoms with Crippen molar-refractivity contribution >= 4 is 18.3 Å². The largest absolute Gasteiger partial charge is 0.387 e. The Labute approximate surface area is 129 Å². The normalized spacial score (nSPS) is 11.0. The van der Waals surface area contributed by atoms with Gasteiger partial charge in [0.1, 0.15) is 6.61 Å². The number of rotatable bonds is 7. The van der Waals surface area contributed by atoms with Crippen LogP contribution in [0.1, 0.15) is 43.9 Å². The molecule has 0 saturated carbocycles. The Hall–Kier alpha value is -1.38. The first-order valence-corrected chi connectivity index (χ1v) is 6.66. The number of hydrogen-bond acceptors (Lipinski definition) is 5. The van der Waals surface area contributed by atoms with E-state index in [1.54, 1.807) is 0 Å². The SMILES string of the molecule is CC(C)N(CCNC(=O)c1[nH]o[n+](=O)c1CO)C(C)C.Cl. The lowest BCUT2D eigenvalue weighted by atomic mass is 10.2. The number of amides is 1. The van der Waals surface area contributed by atoms with Crippen LogP contribution in [0.3, 0.4) is 0 Å². The molecule has 8 nitrogen and oxygen atoms in total. The van der Waals surface area contributed by atoms with Gasteiger partial charge in [-0.15, -0.1) is 12.4 Å². The zero-order chi connectivity index (χ0) is 15.3. The molecule has 0 bridgehead atoms. The number of halogens is 1. The first-order valence-electron chi connectivity index (χ1n) is 6.66. The fraction of sp³-hybridized carbons (Fsp3) is 0.750. The third-order valence-electron chi connectivity index (χ3n) is 3.10. The van der Waals surface area contributed by atoms with Crippen molar-refractivity contribution in [1.82, 2.24) is 15.4 Å². The predicted molar refractivity (Wildman–Crippen MR) is 78.9 cm³/mol. The summed E-state index contributed by atoms with van der Waals surface area (Å²) in [5.41, 5.74) is -0.185. The molecule has 0 atom stereocenters. The first-order chi connectivity index (χ1) is 9.38. The van der Waals surface area contributed by atoms with Crippen molar-refractivity contribution in [2.75, 3.05) is 13.1 Å². The van der Waals surface area contributed by atoms with Gasteiger partial charge in [-0.1, -0.05) is 9.79 Å². The Morgan fingerprint density at radius 2 is 1.95 bits per heavy atom. The second-order valence-electron chi connectivity index (χ2n) is 5.11. The third kappa shape index (κ3) is 5.14. The van der Waals surface area contributed by atoms with Crippen molar-refractivity contribution < 1.29 is 19.1 Å². The van der Waals surface area contributed by atoms with Crippen molar-refractivity contribution in [3.05, 3.63) is 16.3 Å². The summed E-state index contributed by atoms with van der Waals surface area (Å²) >= 11 is 0. The van der Waals surface area contributed by atoms with Crippen LogP contribution in [-0.4, -0.2) is 46.2 Å². The highest BCUT2D eigenvalue weighted by Crippen LogP contribution is 2.04. The van der Waals surface area contributed by atoms with Crippen molar-refractivity contribution in [2.24, 2.45) is 0 Å². The molecule has 0 saturated heterocycles. The number of aliphatic hydroxyl groups excluding tert-OH is 1. The van der Waals surface area contributed by atoms with Gasteiger partial charge in [0.05, 0.1) is 0 Å². The highest BCUT2D eigenvalue weighted by atomic mass is 35.5. The molecule has 1 heterocycles. The van der Waals surface area contributed by atoms with E-state index in [1.165, 1.54) is 0 Å². The molecule has 0 aliphatic rings. The van der Waals surface area contributed by atoms with E-state index in [0.717, 1.165) is 0 Å². The number of H-pyrrole nitrogens is 1. The molecule has 0 unspecified atom stereocenters. The van der Waals surface area contributed by atoms with Gasteiger partial charge in [0.25, 0.3) is 17.3 Å². The Balaban J connectivity index is 0.00000400. The smallest absolute Gasteiger partial charge is 0.299 e. The van der Waals surface area contributed by atoms with E-state index in [2.05, 4.69) is 47.7 Å².